The van der Waals surface area contributed by atoms with Crippen molar-refractivity contribution in [1.82, 2.24) is 9.62 Å². The molecule has 1 aromatic carbocycles. The van der Waals surface area contributed by atoms with E-state index in [-0.39, 0.29) is 28.8 Å². The Morgan fingerprint density at radius 1 is 1.32 bits per heavy atom. The third-order valence-corrected chi connectivity index (χ3v) is 6.42. The molecule has 0 aliphatic carbocycles. The van der Waals surface area contributed by atoms with Gasteiger partial charge in [0, 0.05) is 18.6 Å². The number of sulfonamides is 1. The average Bonchev–Trinajstić information content (AvgIpc) is 2.55. The number of hydrogen-bond acceptors (Lipinski definition) is 3. The van der Waals surface area contributed by atoms with Gasteiger partial charge < -0.3 is 5.32 Å². The molecule has 1 aromatic rings. The van der Waals surface area contributed by atoms with E-state index in [0.29, 0.717) is 19.4 Å². The lowest BCUT2D eigenvalue weighted by atomic mass is 9.94. The maximum atomic E-state index is 13.0. The molecule has 0 spiro atoms. The Balaban J connectivity index is 2.09. The molecule has 2 rings (SSSR count). The quantitative estimate of drug-likeness (QED) is 0.837. The van der Waals surface area contributed by atoms with Crippen molar-refractivity contribution in [2.24, 2.45) is 5.92 Å². The highest BCUT2D eigenvalue weighted by Gasteiger charge is 2.34. The van der Waals surface area contributed by atoms with Crippen molar-refractivity contribution in [2.75, 3.05) is 13.1 Å². The lowest BCUT2D eigenvalue weighted by Gasteiger charge is -2.34. The van der Waals surface area contributed by atoms with Crippen molar-refractivity contribution in [3.8, 4) is 0 Å². The normalized spacial score (nSPS) is 19.6. The summed E-state index contributed by atoms with van der Waals surface area (Å²) in [6, 6.07) is 4.79. The fourth-order valence-corrected chi connectivity index (χ4v) is 4.78. The number of nitrogens with one attached hydrogen (secondary N) is 1. The number of halogens is 1. The molecule has 5 nitrogen and oxygen atoms in total. The lowest BCUT2D eigenvalue weighted by molar-refractivity contribution is -0.127. The topological polar surface area (TPSA) is 66.5 Å². The molecule has 7 heteroatoms. The van der Waals surface area contributed by atoms with Gasteiger partial charge in [-0.1, -0.05) is 13.3 Å². The molecule has 25 heavy (non-hydrogen) atoms. The van der Waals surface area contributed by atoms with E-state index >= 15 is 0 Å². The van der Waals surface area contributed by atoms with Crippen molar-refractivity contribution in [3.05, 3.63) is 30.1 Å². The second kappa shape index (κ2) is 7.83. The van der Waals surface area contributed by atoms with Gasteiger partial charge in [0.15, 0.2) is 0 Å². The maximum absolute atomic E-state index is 13.0. The summed E-state index contributed by atoms with van der Waals surface area (Å²) in [6.07, 6.45) is 3.13. The molecule has 1 fully saturated rings. The summed E-state index contributed by atoms with van der Waals surface area (Å²) in [6.45, 7) is 6.55. The molecule has 1 amide bonds. The zero-order chi connectivity index (χ0) is 18.7. The van der Waals surface area contributed by atoms with Gasteiger partial charge in [-0.3, -0.25) is 4.79 Å². The highest BCUT2D eigenvalue weighted by atomic mass is 32.2. The predicted molar refractivity (Wildman–Crippen MR) is 95.0 cm³/mol. The molecule has 0 saturated carbocycles. The zero-order valence-electron chi connectivity index (χ0n) is 15.1. The molecular formula is C18H27FN2O3S. The van der Waals surface area contributed by atoms with Gasteiger partial charge in [-0.15, -0.1) is 0 Å². The van der Waals surface area contributed by atoms with Crippen LogP contribution in [0.3, 0.4) is 0 Å². The van der Waals surface area contributed by atoms with Crippen LogP contribution in [-0.4, -0.2) is 37.3 Å². The summed E-state index contributed by atoms with van der Waals surface area (Å²) in [7, 11) is -3.71. The standard InChI is InChI=1S/C18H27FN2O3S/c1-4-11-18(2,3)20-17(22)14-6-5-12-21(13-14)25(23,24)16-9-7-15(19)8-10-16/h7-10,14H,4-6,11-13H2,1-3H3,(H,20,22). The van der Waals surface area contributed by atoms with Crippen LogP contribution in [0.25, 0.3) is 0 Å². The third kappa shape index (κ3) is 5.01. The van der Waals surface area contributed by atoms with E-state index in [1.54, 1.807) is 0 Å². The number of carbonyl (C=O) groups excluding carboxylic acids is 1. The Kier molecular flexibility index (Phi) is 6.21. The molecule has 1 N–H and O–H groups in total. The Hall–Kier alpha value is -1.47. The van der Waals surface area contributed by atoms with E-state index < -0.39 is 15.8 Å². The Labute approximate surface area is 149 Å². The predicted octanol–water partition coefficient (Wildman–Crippen LogP) is 2.92. The number of rotatable bonds is 6. The van der Waals surface area contributed by atoms with Crippen molar-refractivity contribution >= 4 is 15.9 Å². The highest BCUT2D eigenvalue weighted by Crippen LogP contribution is 2.25. The molecule has 140 valence electrons. The van der Waals surface area contributed by atoms with E-state index in [1.165, 1.54) is 16.4 Å². The maximum Gasteiger partial charge on any atom is 0.243 e. The van der Waals surface area contributed by atoms with Crippen LogP contribution in [0.2, 0.25) is 0 Å². The highest BCUT2D eigenvalue weighted by molar-refractivity contribution is 7.89. The first-order valence-electron chi connectivity index (χ1n) is 8.73. The molecule has 1 atom stereocenters. The van der Waals surface area contributed by atoms with E-state index in [0.717, 1.165) is 25.0 Å². The summed E-state index contributed by atoms with van der Waals surface area (Å²) in [5.74, 6) is -0.939. The monoisotopic (exact) mass is 370 g/mol. The zero-order valence-corrected chi connectivity index (χ0v) is 15.9. The number of piperidine rings is 1. The van der Waals surface area contributed by atoms with Crippen LogP contribution >= 0.6 is 0 Å². The first kappa shape index (κ1) is 19.8. The Morgan fingerprint density at radius 2 is 1.96 bits per heavy atom. The van der Waals surface area contributed by atoms with Gasteiger partial charge in [-0.05, 0) is 57.4 Å². The lowest BCUT2D eigenvalue weighted by Crippen LogP contribution is -2.50. The van der Waals surface area contributed by atoms with Crippen LogP contribution in [0.15, 0.2) is 29.2 Å². The largest absolute Gasteiger partial charge is 0.351 e. The SMILES string of the molecule is CCCC(C)(C)NC(=O)C1CCCN(S(=O)(=O)c2ccc(F)cc2)C1. The van der Waals surface area contributed by atoms with Crippen molar-refractivity contribution < 1.29 is 17.6 Å². The molecule has 1 unspecified atom stereocenters. The smallest absolute Gasteiger partial charge is 0.243 e. The molecule has 1 saturated heterocycles. The molecule has 0 bridgehead atoms. The van der Waals surface area contributed by atoms with Gasteiger partial charge in [0.25, 0.3) is 0 Å². The van der Waals surface area contributed by atoms with Crippen LogP contribution in [0.4, 0.5) is 4.39 Å². The summed E-state index contributed by atoms with van der Waals surface area (Å²) in [4.78, 5) is 12.6. The van der Waals surface area contributed by atoms with Crippen molar-refractivity contribution in [3.63, 3.8) is 0 Å². The van der Waals surface area contributed by atoms with Crippen molar-refractivity contribution in [1.29, 1.82) is 0 Å². The van der Waals surface area contributed by atoms with Crippen LogP contribution in [-0.2, 0) is 14.8 Å². The van der Waals surface area contributed by atoms with Crippen LogP contribution < -0.4 is 5.32 Å². The van der Waals surface area contributed by atoms with Crippen LogP contribution in [0.1, 0.15) is 46.5 Å². The molecule has 1 heterocycles. The van der Waals surface area contributed by atoms with Gasteiger partial charge in [-0.25, -0.2) is 12.8 Å². The van der Waals surface area contributed by atoms with Gasteiger partial charge >= 0.3 is 0 Å². The van der Waals surface area contributed by atoms with Gasteiger partial charge in [0.05, 0.1) is 10.8 Å². The summed E-state index contributed by atoms with van der Waals surface area (Å²) < 4.78 is 39.8. The molecule has 0 aromatic heterocycles. The minimum absolute atomic E-state index is 0.0567. The molecule has 1 aliphatic rings. The fraction of sp³-hybridized carbons (Fsp3) is 0.611. The summed E-state index contributed by atoms with van der Waals surface area (Å²) >= 11 is 0. The third-order valence-electron chi connectivity index (χ3n) is 4.54. The number of benzene rings is 1. The molecular weight excluding hydrogens is 343 g/mol. The number of amides is 1. The van der Waals surface area contributed by atoms with Crippen LogP contribution in [0, 0.1) is 11.7 Å². The number of hydrogen-bond donors (Lipinski definition) is 1. The fourth-order valence-electron chi connectivity index (χ4n) is 3.25. The van der Waals surface area contributed by atoms with Gasteiger partial charge in [0.2, 0.25) is 15.9 Å². The Morgan fingerprint density at radius 3 is 2.56 bits per heavy atom. The minimum Gasteiger partial charge on any atom is -0.351 e. The van der Waals surface area contributed by atoms with Crippen LogP contribution in [0.5, 0.6) is 0 Å². The second-order valence-corrected chi connectivity index (χ2v) is 9.22. The van der Waals surface area contributed by atoms with Gasteiger partial charge in [0.1, 0.15) is 5.82 Å². The first-order chi connectivity index (χ1) is 11.7. The Bertz CT molecular complexity index is 702. The van der Waals surface area contributed by atoms with E-state index in [9.17, 15) is 17.6 Å². The van der Waals surface area contributed by atoms with E-state index in [2.05, 4.69) is 12.2 Å². The van der Waals surface area contributed by atoms with E-state index in [1.807, 2.05) is 13.8 Å². The van der Waals surface area contributed by atoms with Crippen molar-refractivity contribution in [2.45, 2.75) is 56.9 Å². The number of nitrogens with zero attached hydrogens (tertiary/aromatic N) is 1. The minimum atomic E-state index is -3.71. The molecule has 1 aliphatic heterocycles. The first-order valence-corrected chi connectivity index (χ1v) is 10.2. The second-order valence-electron chi connectivity index (χ2n) is 7.28. The summed E-state index contributed by atoms with van der Waals surface area (Å²) in [5.41, 5.74) is -0.302. The van der Waals surface area contributed by atoms with E-state index in [4.69, 9.17) is 0 Å². The average molecular weight is 370 g/mol. The van der Waals surface area contributed by atoms with Gasteiger partial charge in [-0.2, -0.15) is 4.31 Å². The molecule has 0 radical (unpaired) electrons. The number of carbonyl (C=O) groups is 1. The summed E-state index contributed by atoms with van der Waals surface area (Å²) in [5, 5.41) is 3.04.